The summed E-state index contributed by atoms with van der Waals surface area (Å²) in [5.41, 5.74) is 1.88. The third-order valence-electron chi connectivity index (χ3n) is 4.49. The van der Waals surface area contributed by atoms with Crippen LogP contribution in [-0.2, 0) is 11.4 Å². The number of hydrogen-bond donors (Lipinski definition) is 1. The first kappa shape index (κ1) is 20.0. The fourth-order valence-electron chi connectivity index (χ4n) is 3.23. The van der Waals surface area contributed by atoms with Crippen LogP contribution in [0.4, 0.5) is 5.95 Å². The molecule has 1 aliphatic heterocycles. The normalized spacial score (nSPS) is 15.6. The maximum Gasteiger partial charge on any atom is 0.229 e. The van der Waals surface area contributed by atoms with Gasteiger partial charge in [-0.2, -0.15) is 10.1 Å². The molecule has 0 unspecified atom stereocenters. The molecule has 1 N–H and O–H groups in total. The van der Waals surface area contributed by atoms with Crippen molar-refractivity contribution in [2.24, 2.45) is 0 Å². The second kappa shape index (κ2) is 8.58. The molecule has 1 aliphatic rings. The van der Waals surface area contributed by atoms with Gasteiger partial charge < -0.3 is 9.47 Å². The zero-order chi connectivity index (χ0) is 20.4. The van der Waals surface area contributed by atoms with Gasteiger partial charge in [-0.3, -0.25) is 10.1 Å². The number of rotatable bonds is 6. The molecule has 0 aliphatic carbocycles. The average Bonchev–Trinajstić information content (AvgIpc) is 3.15. The molecular weight excluding hydrogens is 507 g/mol. The molecule has 1 amide bonds. The molecule has 7 nitrogen and oxygen atoms in total. The first-order chi connectivity index (χ1) is 14.0. The van der Waals surface area contributed by atoms with E-state index in [-0.39, 0.29) is 18.4 Å². The molecule has 3 aromatic rings. The van der Waals surface area contributed by atoms with Gasteiger partial charge in [-0.1, -0.05) is 23.7 Å². The zero-order valence-corrected chi connectivity index (χ0v) is 18.5. The van der Waals surface area contributed by atoms with Gasteiger partial charge in [0.2, 0.25) is 11.9 Å². The van der Waals surface area contributed by atoms with Crippen molar-refractivity contribution >= 4 is 46.0 Å². The fourth-order valence-corrected chi connectivity index (χ4v) is 4.22. The van der Waals surface area contributed by atoms with Crippen LogP contribution in [0.2, 0.25) is 5.02 Å². The van der Waals surface area contributed by atoms with Crippen molar-refractivity contribution in [2.75, 3.05) is 11.9 Å². The highest BCUT2D eigenvalue weighted by molar-refractivity contribution is 14.1. The fraction of sp³-hybridized carbons (Fsp3) is 0.250. The Morgan fingerprint density at radius 2 is 2.17 bits per heavy atom. The number of ether oxygens (including phenoxy) is 2. The van der Waals surface area contributed by atoms with Crippen molar-refractivity contribution < 1.29 is 14.3 Å². The highest BCUT2D eigenvalue weighted by Gasteiger charge is 2.29. The number of hydrogen-bond acceptors (Lipinski definition) is 5. The van der Waals surface area contributed by atoms with E-state index in [0.29, 0.717) is 35.7 Å². The van der Waals surface area contributed by atoms with Crippen molar-refractivity contribution in [3.8, 4) is 11.5 Å². The molecule has 0 radical (unpaired) electrons. The average molecular weight is 525 g/mol. The zero-order valence-electron chi connectivity index (χ0n) is 15.6. The third kappa shape index (κ3) is 4.32. The van der Waals surface area contributed by atoms with Gasteiger partial charge >= 0.3 is 0 Å². The van der Waals surface area contributed by atoms with Crippen LogP contribution in [-0.4, -0.2) is 27.3 Å². The van der Waals surface area contributed by atoms with Crippen molar-refractivity contribution in [1.82, 2.24) is 14.8 Å². The van der Waals surface area contributed by atoms with E-state index in [9.17, 15) is 4.79 Å². The van der Waals surface area contributed by atoms with Crippen LogP contribution in [0.1, 0.15) is 30.5 Å². The van der Waals surface area contributed by atoms with Gasteiger partial charge in [-0.05, 0) is 64.9 Å². The Bertz CT molecular complexity index is 1060. The Morgan fingerprint density at radius 3 is 2.97 bits per heavy atom. The number of carbonyl (C=O) groups is 1. The summed E-state index contributed by atoms with van der Waals surface area (Å²) in [4.78, 5) is 16.2. The molecule has 0 bridgehead atoms. The van der Waals surface area contributed by atoms with Gasteiger partial charge in [0.25, 0.3) is 0 Å². The van der Waals surface area contributed by atoms with Crippen molar-refractivity contribution in [3.63, 3.8) is 0 Å². The third-order valence-corrected chi connectivity index (χ3v) is 5.52. The molecule has 150 valence electrons. The van der Waals surface area contributed by atoms with Crippen LogP contribution in [0, 0.1) is 3.57 Å². The minimum Gasteiger partial charge on any atom is -0.490 e. The number of anilines is 1. The smallest absolute Gasteiger partial charge is 0.229 e. The summed E-state index contributed by atoms with van der Waals surface area (Å²) >= 11 is 8.29. The lowest BCUT2D eigenvalue weighted by Crippen LogP contribution is -2.29. The van der Waals surface area contributed by atoms with E-state index in [1.165, 1.54) is 6.33 Å². The van der Waals surface area contributed by atoms with Crippen molar-refractivity contribution in [3.05, 3.63) is 62.4 Å². The molecule has 4 rings (SSSR count). The molecular formula is C20H18ClIN4O3. The van der Waals surface area contributed by atoms with E-state index >= 15 is 0 Å². The first-order valence-electron chi connectivity index (χ1n) is 9.08. The maximum atomic E-state index is 12.1. The Labute approximate surface area is 186 Å². The van der Waals surface area contributed by atoms with Gasteiger partial charge in [0, 0.05) is 5.02 Å². The summed E-state index contributed by atoms with van der Waals surface area (Å²) in [6.07, 6.45) is 1.71. The molecule has 0 saturated heterocycles. The second-order valence-corrected chi connectivity index (χ2v) is 8.08. The summed E-state index contributed by atoms with van der Waals surface area (Å²) in [6.45, 7) is 2.78. The number of nitrogens with one attached hydrogen (secondary N) is 1. The molecule has 1 aromatic heterocycles. The Kier molecular flexibility index (Phi) is 5.91. The first-order valence-corrected chi connectivity index (χ1v) is 10.5. The van der Waals surface area contributed by atoms with Crippen molar-refractivity contribution in [1.29, 1.82) is 0 Å². The monoisotopic (exact) mass is 524 g/mol. The Balaban J connectivity index is 1.66. The lowest BCUT2D eigenvalue weighted by atomic mass is 10.0. The number of carbonyl (C=O) groups excluding carboxylic acids is 1. The largest absolute Gasteiger partial charge is 0.490 e. The van der Waals surface area contributed by atoms with Crippen LogP contribution in [0.5, 0.6) is 11.5 Å². The van der Waals surface area contributed by atoms with Gasteiger partial charge in [0.1, 0.15) is 12.9 Å². The summed E-state index contributed by atoms with van der Waals surface area (Å²) in [5, 5.41) is 7.66. The van der Waals surface area contributed by atoms with E-state index in [1.54, 1.807) is 4.68 Å². The minimum absolute atomic E-state index is 0.0928. The van der Waals surface area contributed by atoms with E-state index in [4.69, 9.17) is 21.1 Å². The predicted octanol–water partition coefficient (Wildman–Crippen LogP) is 4.45. The molecule has 0 fully saturated rings. The number of amides is 1. The summed E-state index contributed by atoms with van der Waals surface area (Å²) in [5.74, 6) is 1.64. The van der Waals surface area contributed by atoms with Crippen LogP contribution in [0.15, 0.2) is 42.7 Å². The molecule has 9 heteroatoms. The lowest BCUT2D eigenvalue weighted by molar-refractivity contribution is -0.117. The summed E-state index contributed by atoms with van der Waals surface area (Å²) in [6, 6.07) is 11.2. The predicted molar refractivity (Wildman–Crippen MR) is 118 cm³/mol. The highest BCUT2D eigenvalue weighted by Crippen LogP contribution is 2.39. The summed E-state index contributed by atoms with van der Waals surface area (Å²) < 4.78 is 14.5. The minimum atomic E-state index is -0.254. The van der Waals surface area contributed by atoms with E-state index in [0.717, 1.165) is 14.7 Å². The molecule has 2 heterocycles. The van der Waals surface area contributed by atoms with Crippen LogP contribution in [0.3, 0.4) is 0 Å². The van der Waals surface area contributed by atoms with Gasteiger partial charge in [-0.25, -0.2) is 4.68 Å². The SMILES string of the molecule is CCOc1cc([C@@H]2CC(=O)Nc3ncnn32)cc(I)c1OCc1cccc(Cl)c1. The van der Waals surface area contributed by atoms with E-state index in [1.807, 2.05) is 43.3 Å². The molecule has 29 heavy (non-hydrogen) atoms. The van der Waals surface area contributed by atoms with Crippen LogP contribution in [0.25, 0.3) is 0 Å². The van der Waals surface area contributed by atoms with Crippen LogP contribution < -0.4 is 14.8 Å². The topological polar surface area (TPSA) is 78.3 Å². The second-order valence-electron chi connectivity index (χ2n) is 6.48. The van der Waals surface area contributed by atoms with E-state index < -0.39 is 0 Å². The highest BCUT2D eigenvalue weighted by atomic mass is 127. The summed E-state index contributed by atoms with van der Waals surface area (Å²) in [7, 11) is 0. The van der Waals surface area contributed by atoms with Crippen LogP contribution >= 0.6 is 34.2 Å². The Hall–Kier alpha value is -2.33. The molecule has 0 spiro atoms. The number of fused-ring (bicyclic) bond motifs is 1. The lowest BCUT2D eigenvalue weighted by Gasteiger charge is -2.25. The number of aromatic nitrogens is 3. The molecule has 0 saturated carbocycles. The van der Waals surface area contributed by atoms with Gasteiger partial charge in [0.05, 0.1) is 22.6 Å². The quantitative estimate of drug-likeness (QED) is 0.482. The number of benzene rings is 2. The standard InChI is InChI=1S/C20H18ClIN4O3/c1-2-28-17-8-13(16-9-18(27)25-20-23-11-24-26(16)20)7-15(22)19(17)29-10-12-4-3-5-14(21)6-12/h3-8,11,16H,2,9-10H2,1H3,(H,23,24,25,27)/t16-/m0/s1. The maximum absolute atomic E-state index is 12.1. The number of halogens is 2. The van der Waals surface area contributed by atoms with Gasteiger partial charge in [-0.15, -0.1) is 0 Å². The molecule has 1 atom stereocenters. The van der Waals surface area contributed by atoms with E-state index in [2.05, 4.69) is 38.0 Å². The molecule has 2 aromatic carbocycles. The Morgan fingerprint density at radius 1 is 1.31 bits per heavy atom. The number of nitrogens with zero attached hydrogens (tertiary/aromatic N) is 3. The van der Waals surface area contributed by atoms with Crippen molar-refractivity contribution in [2.45, 2.75) is 26.0 Å². The van der Waals surface area contributed by atoms with Gasteiger partial charge in [0.15, 0.2) is 11.5 Å².